The van der Waals surface area contributed by atoms with E-state index in [2.05, 4.69) is 9.35 Å². The second-order valence-corrected chi connectivity index (χ2v) is 7.46. The lowest BCUT2D eigenvalue weighted by atomic mass is 10.00. The zero-order valence-electron chi connectivity index (χ0n) is 13.6. The zero-order valence-corrected chi connectivity index (χ0v) is 14.4. The number of nitrogens with zero attached hydrogens (tertiary/aromatic N) is 2. The highest BCUT2D eigenvalue weighted by molar-refractivity contribution is 7.93. The van der Waals surface area contributed by atoms with Crippen molar-refractivity contribution in [2.45, 2.75) is 24.8 Å². The maximum Gasteiger partial charge on any atom is 0.308 e. The molecule has 0 fully saturated rings. The molecule has 1 heterocycles. The fourth-order valence-electron chi connectivity index (χ4n) is 2.09. The maximum atomic E-state index is 12.7. The molecule has 1 aromatic carbocycles. The molecule has 0 saturated carbocycles. The van der Waals surface area contributed by atoms with Gasteiger partial charge in [-0.3, -0.25) is 9.59 Å². The molecule has 0 radical (unpaired) electrons. The minimum Gasteiger partial charge on any atom is -0.426 e. The summed E-state index contributed by atoms with van der Waals surface area (Å²) < 4.78 is 21.6. The number of benzene rings is 1. The van der Waals surface area contributed by atoms with E-state index in [1.807, 2.05) is 0 Å². The van der Waals surface area contributed by atoms with Crippen LogP contribution in [0.15, 0.2) is 58.1 Å². The van der Waals surface area contributed by atoms with Crippen LogP contribution in [0, 0.1) is 0 Å². The van der Waals surface area contributed by atoms with E-state index in [0.29, 0.717) is 11.3 Å². The Bertz CT molecular complexity index is 871. The Morgan fingerprint density at radius 1 is 1.17 bits per heavy atom. The van der Waals surface area contributed by atoms with Gasteiger partial charge < -0.3 is 4.74 Å². The van der Waals surface area contributed by atoms with Gasteiger partial charge in [0.25, 0.3) is 5.91 Å². The molecule has 2 aromatic rings. The molecule has 2 unspecified atom stereocenters. The molecule has 24 heavy (non-hydrogen) atoms. The van der Waals surface area contributed by atoms with Gasteiger partial charge in [0, 0.05) is 24.9 Å². The summed E-state index contributed by atoms with van der Waals surface area (Å²) in [5.74, 6) is -1.45. The normalized spacial score (nSPS) is 14.3. The van der Waals surface area contributed by atoms with E-state index in [0.717, 1.165) is 0 Å². The van der Waals surface area contributed by atoms with Gasteiger partial charge in [0.2, 0.25) is 0 Å². The molecule has 1 aromatic heterocycles. The average molecular weight is 346 g/mol. The first-order valence-electron chi connectivity index (χ1n) is 7.25. The second kappa shape index (κ2) is 7.35. The number of rotatable bonds is 4. The number of carbonyl (C=O) groups is 2. The summed E-state index contributed by atoms with van der Waals surface area (Å²) >= 11 is 0. The minimum absolute atomic E-state index is 0.249. The molecule has 2 atom stereocenters. The number of pyridine rings is 1. The predicted molar refractivity (Wildman–Crippen MR) is 90.2 cm³/mol. The van der Waals surface area contributed by atoms with Gasteiger partial charge >= 0.3 is 5.97 Å². The average Bonchev–Trinajstić information content (AvgIpc) is 2.54. The number of hydrogen-bond donors (Lipinski definition) is 0. The molecular weight excluding hydrogens is 328 g/mol. The third kappa shape index (κ3) is 4.26. The Balaban J connectivity index is 2.36. The Kier molecular flexibility index (Phi) is 5.46. The van der Waals surface area contributed by atoms with Gasteiger partial charge in [-0.2, -0.15) is 4.36 Å². The van der Waals surface area contributed by atoms with Crippen molar-refractivity contribution in [3.63, 3.8) is 0 Å². The smallest absolute Gasteiger partial charge is 0.308 e. The zero-order chi connectivity index (χ0) is 17.7. The van der Waals surface area contributed by atoms with E-state index < -0.39 is 27.5 Å². The van der Waals surface area contributed by atoms with Crippen LogP contribution < -0.4 is 4.74 Å². The molecule has 126 valence electrons. The molecule has 2 rings (SSSR count). The van der Waals surface area contributed by atoms with Crippen molar-refractivity contribution in [2.24, 2.45) is 4.36 Å². The summed E-state index contributed by atoms with van der Waals surface area (Å²) in [6.45, 7) is 2.91. The highest BCUT2D eigenvalue weighted by Gasteiger charge is 2.21. The van der Waals surface area contributed by atoms with Crippen molar-refractivity contribution in [3.8, 4) is 5.75 Å². The van der Waals surface area contributed by atoms with E-state index >= 15 is 0 Å². The van der Waals surface area contributed by atoms with Crippen LogP contribution in [0.2, 0.25) is 0 Å². The van der Waals surface area contributed by atoms with Gasteiger partial charge in [0.15, 0.2) is 0 Å². The lowest BCUT2D eigenvalue weighted by Crippen LogP contribution is -2.13. The van der Waals surface area contributed by atoms with Crippen molar-refractivity contribution in [2.75, 3.05) is 6.26 Å². The first-order chi connectivity index (χ1) is 11.3. The van der Waals surface area contributed by atoms with E-state index in [4.69, 9.17) is 4.74 Å². The van der Waals surface area contributed by atoms with Crippen molar-refractivity contribution < 1.29 is 18.5 Å². The van der Waals surface area contributed by atoms with Gasteiger partial charge in [-0.25, -0.2) is 9.19 Å². The SMILES string of the molecule is CC(=O)Oc1ccccc1C(C)C(=O)N=S(C)(=O)c1ccccn1. The predicted octanol–water partition coefficient (Wildman–Crippen LogP) is 2.79. The van der Waals surface area contributed by atoms with Crippen molar-refractivity contribution >= 4 is 21.6 Å². The van der Waals surface area contributed by atoms with Crippen LogP contribution >= 0.6 is 0 Å². The molecule has 0 aliphatic carbocycles. The molecule has 6 nitrogen and oxygen atoms in total. The van der Waals surface area contributed by atoms with Crippen LogP contribution in [0.5, 0.6) is 5.75 Å². The highest BCUT2D eigenvalue weighted by Crippen LogP contribution is 2.28. The number of carbonyl (C=O) groups excluding carboxylic acids is 2. The summed E-state index contributed by atoms with van der Waals surface area (Å²) in [5, 5.41) is 0.249. The van der Waals surface area contributed by atoms with E-state index in [1.54, 1.807) is 49.4 Å². The van der Waals surface area contributed by atoms with E-state index in [1.165, 1.54) is 19.4 Å². The summed E-state index contributed by atoms with van der Waals surface area (Å²) in [6, 6.07) is 11.7. The third-order valence-corrected chi connectivity index (χ3v) is 4.85. The third-order valence-electron chi connectivity index (χ3n) is 3.30. The van der Waals surface area contributed by atoms with Gasteiger partial charge in [-0.1, -0.05) is 24.3 Å². The molecule has 0 bridgehead atoms. The van der Waals surface area contributed by atoms with Gasteiger partial charge in [0.05, 0.1) is 15.6 Å². The Hall–Kier alpha value is -2.54. The largest absolute Gasteiger partial charge is 0.426 e. The summed E-state index contributed by atoms with van der Waals surface area (Å²) in [6.07, 6.45) is 2.87. The molecule has 0 spiro atoms. The fourth-order valence-corrected chi connectivity index (χ4v) is 3.27. The van der Waals surface area contributed by atoms with Crippen LogP contribution in [0.4, 0.5) is 0 Å². The van der Waals surface area contributed by atoms with E-state index in [9.17, 15) is 13.8 Å². The van der Waals surface area contributed by atoms with Crippen LogP contribution in [-0.2, 0) is 19.3 Å². The number of aromatic nitrogens is 1. The number of ether oxygens (including phenoxy) is 1. The molecule has 0 N–H and O–H groups in total. The Morgan fingerprint density at radius 2 is 1.83 bits per heavy atom. The second-order valence-electron chi connectivity index (χ2n) is 5.25. The quantitative estimate of drug-likeness (QED) is 0.628. The molecule has 7 heteroatoms. The van der Waals surface area contributed by atoms with Crippen LogP contribution in [0.25, 0.3) is 0 Å². The summed E-state index contributed by atoms with van der Waals surface area (Å²) in [7, 11) is -2.94. The summed E-state index contributed by atoms with van der Waals surface area (Å²) in [4.78, 5) is 27.6. The molecule has 0 aliphatic rings. The Morgan fingerprint density at radius 3 is 2.46 bits per heavy atom. The highest BCUT2D eigenvalue weighted by atomic mass is 32.2. The molecule has 0 aliphatic heterocycles. The van der Waals surface area contributed by atoms with Crippen LogP contribution in [0.1, 0.15) is 25.3 Å². The number of para-hydroxylation sites is 1. The molecule has 1 amide bonds. The number of esters is 1. The summed E-state index contributed by atoms with van der Waals surface area (Å²) in [5.41, 5.74) is 0.512. The van der Waals surface area contributed by atoms with Crippen molar-refractivity contribution in [1.29, 1.82) is 0 Å². The topological polar surface area (TPSA) is 85.7 Å². The molecular formula is C17H18N2O4S. The fraction of sp³-hybridized carbons (Fsp3) is 0.235. The first-order valence-corrected chi connectivity index (χ1v) is 9.18. The maximum absolute atomic E-state index is 12.7. The monoisotopic (exact) mass is 346 g/mol. The van der Waals surface area contributed by atoms with Crippen molar-refractivity contribution in [3.05, 3.63) is 54.2 Å². The van der Waals surface area contributed by atoms with Gasteiger partial charge in [-0.15, -0.1) is 0 Å². The minimum atomic E-state index is -2.94. The van der Waals surface area contributed by atoms with Crippen LogP contribution in [0.3, 0.4) is 0 Å². The first kappa shape index (κ1) is 17.8. The van der Waals surface area contributed by atoms with Gasteiger partial charge in [-0.05, 0) is 25.1 Å². The van der Waals surface area contributed by atoms with Crippen molar-refractivity contribution in [1.82, 2.24) is 4.98 Å². The van der Waals surface area contributed by atoms with E-state index in [-0.39, 0.29) is 5.03 Å². The Labute approximate surface area is 141 Å². The molecule has 0 saturated heterocycles. The lowest BCUT2D eigenvalue weighted by molar-refractivity contribution is -0.132. The standard InChI is InChI=1S/C17H18N2O4S/c1-12(14-8-4-5-9-15(14)23-13(2)20)17(21)19-24(3,22)16-10-6-7-11-18-16/h4-12H,1-3H3. The number of amides is 1. The van der Waals surface area contributed by atoms with Crippen LogP contribution in [-0.4, -0.2) is 27.3 Å². The van der Waals surface area contributed by atoms with Gasteiger partial charge in [0.1, 0.15) is 10.8 Å². The lowest BCUT2D eigenvalue weighted by Gasteiger charge is -2.13. The number of hydrogen-bond acceptors (Lipinski definition) is 5.